The summed E-state index contributed by atoms with van der Waals surface area (Å²) < 4.78 is 27.1. The van der Waals surface area contributed by atoms with E-state index in [-0.39, 0.29) is 17.4 Å². The Morgan fingerprint density at radius 1 is 0.893 bits per heavy atom. The molecule has 1 heterocycles. The Bertz CT molecular complexity index is 1150. The molecule has 0 atom stereocenters. The number of para-hydroxylation sites is 1. The molecule has 0 fully saturated rings. The molecule has 4 aromatic rings. The zero-order chi connectivity index (χ0) is 19.7. The summed E-state index contributed by atoms with van der Waals surface area (Å²) in [7, 11) is 1.82. The van der Waals surface area contributed by atoms with Crippen LogP contribution in [0.1, 0.15) is 5.56 Å². The van der Waals surface area contributed by atoms with Crippen molar-refractivity contribution in [1.82, 2.24) is 9.97 Å². The van der Waals surface area contributed by atoms with Crippen LogP contribution in [0.3, 0.4) is 0 Å². The average Bonchev–Trinajstić information content (AvgIpc) is 2.69. The number of fused-ring (bicyclic) bond motifs is 1. The molecule has 0 saturated heterocycles. The van der Waals surface area contributed by atoms with Crippen LogP contribution < -0.4 is 4.90 Å². The third-order valence-corrected chi connectivity index (χ3v) is 4.48. The molecule has 0 unspecified atom stereocenters. The highest BCUT2D eigenvalue weighted by Crippen LogP contribution is 2.32. The largest absolute Gasteiger partial charge is 0.507 e. The van der Waals surface area contributed by atoms with Crippen molar-refractivity contribution in [3.05, 3.63) is 83.9 Å². The van der Waals surface area contributed by atoms with E-state index in [0.717, 1.165) is 5.56 Å². The minimum Gasteiger partial charge on any atom is -0.507 e. The lowest BCUT2D eigenvalue weighted by Crippen LogP contribution is -2.18. The van der Waals surface area contributed by atoms with Crippen LogP contribution in [0.4, 0.5) is 14.6 Å². The van der Waals surface area contributed by atoms with Gasteiger partial charge >= 0.3 is 0 Å². The molecular formula is C22H17F2N3O. The number of hydrogen-bond donors (Lipinski definition) is 1. The van der Waals surface area contributed by atoms with Gasteiger partial charge in [-0.2, -0.15) is 0 Å². The lowest BCUT2D eigenvalue weighted by molar-refractivity contribution is 0.477. The molecule has 0 amide bonds. The number of rotatable bonds is 4. The van der Waals surface area contributed by atoms with Crippen molar-refractivity contribution >= 4 is 16.7 Å². The molecule has 0 radical (unpaired) electrons. The predicted molar refractivity (Wildman–Crippen MR) is 105 cm³/mol. The first-order valence-corrected chi connectivity index (χ1v) is 8.72. The number of benzene rings is 3. The maximum Gasteiger partial charge on any atom is 0.165 e. The number of nitrogens with zero attached hydrogens (tertiary/aromatic N) is 3. The zero-order valence-corrected chi connectivity index (χ0v) is 15.1. The van der Waals surface area contributed by atoms with Gasteiger partial charge in [-0.15, -0.1) is 0 Å². The maximum absolute atomic E-state index is 13.9. The fourth-order valence-electron chi connectivity index (χ4n) is 3.10. The number of aromatic hydroxyl groups is 1. The van der Waals surface area contributed by atoms with E-state index in [9.17, 15) is 13.9 Å². The Balaban J connectivity index is 1.84. The van der Waals surface area contributed by atoms with Gasteiger partial charge in [0.15, 0.2) is 5.82 Å². The fraction of sp³-hybridized carbons (Fsp3) is 0.0909. The van der Waals surface area contributed by atoms with E-state index in [2.05, 4.69) is 9.97 Å². The first-order valence-electron chi connectivity index (χ1n) is 8.72. The molecule has 4 nitrogen and oxygen atoms in total. The maximum atomic E-state index is 13.9. The number of aromatic nitrogens is 2. The Kier molecular flexibility index (Phi) is 4.61. The molecule has 1 N–H and O–H groups in total. The first kappa shape index (κ1) is 17.9. The molecule has 28 heavy (non-hydrogen) atoms. The summed E-state index contributed by atoms with van der Waals surface area (Å²) in [5, 5.41) is 10.7. The van der Waals surface area contributed by atoms with Gasteiger partial charge in [-0.05, 0) is 48.0 Å². The van der Waals surface area contributed by atoms with Crippen LogP contribution in [-0.2, 0) is 6.54 Å². The minimum absolute atomic E-state index is 0.0658. The first-order chi connectivity index (χ1) is 13.5. The van der Waals surface area contributed by atoms with Gasteiger partial charge in [-0.3, -0.25) is 0 Å². The smallest absolute Gasteiger partial charge is 0.165 e. The van der Waals surface area contributed by atoms with Gasteiger partial charge in [0.05, 0.1) is 11.1 Å². The van der Waals surface area contributed by atoms with Crippen LogP contribution in [0.5, 0.6) is 5.75 Å². The standard InChI is InChI=1S/C22H17F2N3O/c1-27(13-14-6-8-15(23)9-7-14)22-18-12-16(24)10-11-19(18)25-21(26-22)17-4-2-3-5-20(17)28/h2-12,28H,13H2,1H3. The Morgan fingerprint density at radius 3 is 2.36 bits per heavy atom. The molecule has 0 saturated carbocycles. The zero-order valence-electron chi connectivity index (χ0n) is 15.1. The predicted octanol–water partition coefficient (Wildman–Crippen LogP) is 4.92. The highest BCUT2D eigenvalue weighted by molar-refractivity contribution is 5.91. The molecule has 1 aromatic heterocycles. The molecular weight excluding hydrogens is 360 g/mol. The van der Waals surface area contributed by atoms with Gasteiger partial charge in [0.1, 0.15) is 23.2 Å². The van der Waals surface area contributed by atoms with E-state index in [1.807, 2.05) is 11.9 Å². The van der Waals surface area contributed by atoms with E-state index in [1.165, 1.54) is 24.3 Å². The van der Waals surface area contributed by atoms with Crippen molar-refractivity contribution in [1.29, 1.82) is 0 Å². The van der Waals surface area contributed by atoms with Crippen molar-refractivity contribution in [2.45, 2.75) is 6.54 Å². The highest BCUT2D eigenvalue weighted by atomic mass is 19.1. The van der Waals surface area contributed by atoms with E-state index >= 15 is 0 Å². The highest BCUT2D eigenvalue weighted by Gasteiger charge is 2.16. The fourth-order valence-corrected chi connectivity index (χ4v) is 3.10. The van der Waals surface area contributed by atoms with Gasteiger partial charge in [0.25, 0.3) is 0 Å². The summed E-state index contributed by atoms with van der Waals surface area (Å²) in [6.45, 7) is 0.448. The summed E-state index contributed by atoms with van der Waals surface area (Å²) in [6, 6.07) is 17.3. The number of phenols is 1. The molecule has 140 valence electrons. The van der Waals surface area contributed by atoms with Crippen LogP contribution in [0.15, 0.2) is 66.7 Å². The topological polar surface area (TPSA) is 49.2 Å². The summed E-state index contributed by atoms with van der Waals surface area (Å²) in [4.78, 5) is 10.9. The molecule has 0 spiro atoms. The summed E-state index contributed by atoms with van der Waals surface area (Å²) >= 11 is 0. The van der Waals surface area contributed by atoms with Crippen molar-refractivity contribution in [3.8, 4) is 17.1 Å². The van der Waals surface area contributed by atoms with Crippen molar-refractivity contribution in [3.63, 3.8) is 0 Å². The summed E-state index contributed by atoms with van der Waals surface area (Å²) in [5.41, 5.74) is 1.94. The van der Waals surface area contributed by atoms with Crippen LogP contribution in [-0.4, -0.2) is 22.1 Å². The molecule has 0 aliphatic heterocycles. The van der Waals surface area contributed by atoms with E-state index in [4.69, 9.17) is 0 Å². The normalized spacial score (nSPS) is 11.0. The average molecular weight is 377 g/mol. The third kappa shape index (κ3) is 3.49. The molecule has 0 bridgehead atoms. The van der Waals surface area contributed by atoms with Gasteiger partial charge < -0.3 is 10.0 Å². The minimum atomic E-state index is -0.386. The van der Waals surface area contributed by atoms with Gasteiger partial charge in [-0.1, -0.05) is 24.3 Å². The van der Waals surface area contributed by atoms with Gasteiger partial charge in [-0.25, -0.2) is 18.7 Å². The Morgan fingerprint density at radius 2 is 1.61 bits per heavy atom. The van der Waals surface area contributed by atoms with Gasteiger partial charge in [0.2, 0.25) is 0 Å². The number of halogens is 2. The molecule has 0 aliphatic rings. The van der Waals surface area contributed by atoms with E-state index in [0.29, 0.717) is 34.7 Å². The summed E-state index contributed by atoms with van der Waals surface area (Å²) in [5.74, 6) is 0.243. The van der Waals surface area contributed by atoms with Crippen molar-refractivity contribution in [2.75, 3.05) is 11.9 Å². The van der Waals surface area contributed by atoms with Crippen LogP contribution >= 0.6 is 0 Å². The lowest BCUT2D eigenvalue weighted by atomic mass is 10.1. The van der Waals surface area contributed by atoms with E-state index in [1.54, 1.807) is 42.5 Å². The van der Waals surface area contributed by atoms with E-state index < -0.39 is 0 Å². The van der Waals surface area contributed by atoms with Crippen LogP contribution in [0.2, 0.25) is 0 Å². The molecule has 4 rings (SSSR count). The second kappa shape index (κ2) is 7.23. The SMILES string of the molecule is CN(Cc1ccc(F)cc1)c1nc(-c2ccccc2O)nc2ccc(F)cc12. The number of phenolic OH excluding ortho intramolecular Hbond substituents is 1. The van der Waals surface area contributed by atoms with Crippen molar-refractivity contribution in [2.24, 2.45) is 0 Å². The van der Waals surface area contributed by atoms with Crippen molar-refractivity contribution < 1.29 is 13.9 Å². The monoisotopic (exact) mass is 377 g/mol. The second-order valence-corrected chi connectivity index (χ2v) is 6.53. The second-order valence-electron chi connectivity index (χ2n) is 6.53. The molecule has 3 aromatic carbocycles. The number of anilines is 1. The Labute approximate surface area is 160 Å². The Hall–Kier alpha value is -3.54. The van der Waals surface area contributed by atoms with Crippen LogP contribution in [0.25, 0.3) is 22.3 Å². The molecule has 0 aliphatic carbocycles. The van der Waals surface area contributed by atoms with Crippen LogP contribution in [0, 0.1) is 11.6 Å². The molecule has 6 heteroatoms. The lowest BCUT2D eigenvalue weighted by Gasteiger charge is -2.21. The number of hydrogen-bond acceptors (Lipinski definition) is 4. The summed E-state index contributed by atoms with van der Waals surface area (Å²) in [6.07, 6.45) is 0. The van der Waals surface area contributed by atoms with Gasteiger partial charge in [0, 0.05) is 19.0 Å². The quantitative estimate of drug-likeness (QED) is 0.549. The third-order valence-electron chi connectivity index (χ3n) is 4.48.